The Labute approximate surface area is 99.1 Å². The summed E-state index contributed by atoms with van der Waals surface area (Å²) in [6.45, 7) is 1.87. The van der Waals surface area contributed by atoms with E-state index >= 15 is 0 Å². The molecule has 0 radical (unpaired) electrons. The van der Waals surface area contributed by atoms with Crippen LogP contribution in [0.1, 0.15) is 17.3 Å². The van der Waals surface area contributed by atoms with Crippen molar-refractivity contribution in [3.8, 4) is 5.75 Å². The summed E-state index contributed by atoms with van der Waals surface area (Å²) in [5, 5.41) is 19.6. The number of ether oxygens (including phenoxy) is 1. The Morgan fingerprint density at radius 2 is 2.25 bits per heavy atom. The number of halogens is 1. The molecule has 0 amide bonds. The van der Waals surface area contributed by atoms with E-state index in [1.165, 1.54) is 6.07 Å². The molecule has 7 heteroatoms. The summed E-state index contributed by atoms with van der Waals surface area (Å²) in [5.41, 5.74) is -0.930. The smallest absolute Gasteiger partial charge is 0.342 e. The largest absolute Gasteiger partial charge is 0.486 e. The van der Waals surface area contributed by atoms with Crippen LogP contribution in [0.5, 0.6) is 5.75 Å². The molecule has 0 aliphatic carbocycles. The second kappa shape index (κ2) is 4.93. The van der Waals surface area contributed by atoms with Gasteiger partial charge < -0.3 is 9.84 Å². The number of aromatic carboxylic acids is 1. The summed E-state index contributed by atoms with van der Waals surface area (Å²) >= 11 is 3.08. The maximum absolute atomic E-state index is 10.8. The summed E-state index contributed by atoms with van der Waals surface area (Å²) in [7, 11) is 0. The molecule has 16 heavy (non-hydrogen) atoms. The molecule has 0 aliphatic rings. The molecule has 1 N–H and O–H groups in total. The average Bonchev–Trinajstić information content (AvgIpc) is 2.20. The first-order valence-corrected chi connectivity index (χ1v) is 5.11. The van der Waals surface area contributed by atoms with Gasteiger partial charge in [-0.3, -0.25) is 10.1 Å². The molecule has 6 nitrogen and oxygen atoms in total. The Hall–Kier alpha value is -1.63. The van der Waals surface area contributed by atoms with Crippen molar-refractivity contribution in [1.82, 2.24) is 0 Å². The zero-order valence-corrected chi connectivity index (χ0v) is 9.85. The van der Waals surface area contributed by atoms with E-state index in [0.29, 0.717) is 4.47 Å². The van der Waals surface area contributed by atoms with E-state index in [1.54, 1.807) is 6.92 Å². The Kier molecular flexibility index (Phi) is 3.83. The van der Waals surface area contributed by atoms with Crippen LogP contribution in [0.4, 0.5) is 5.69 Å². The molecule has 0 unspecified atom stereocenters. The van der Waals surface area contributed by atoms with Crippen LogP contribution in [0.25, 0.3) is 0 Å². The fourth-order valence-corrected chi connectivity index (χ4v) is 1.62. The highest BCUT2D eigenvalue weighted by Gasteiger charge is 2.27. The third-order valence-electron chi connectivity index (χ3n) is 1.79. The molecule has 0 saturated heterocycles. The summed E-state index contributed by atoms with van der Waals surface area (Å²) in [4.78, 5) is 20.9. The fourth-order valence-electron chi connectivity index (χ4n) is 1.18. The highest BCUT2D eigenvalue weighted by molar-refractivity contribution is 9.10. The number of nitro groups is 1. The Balaban J connectivity index is 3.49. The minimum Gasteiger partial charge on any atom is -0.486 e. The highest BCUT2D eigenvalue weighted by atomic mass is 79.9. The molecular formula is C9H8BrNO5. The van der Waals surface area contributed by atoms with Crippen LogP contribution in [0.3, 0.4) is 0 Å². The molecule has 86 valence electrons. The minimum atomic E-state index is -1.36. The van der Waals surface area contributed by atoms with E-state index in [-0.39, 0.29) is 12.4 Å². The zero-order valence-electron chi connectivity index (χ0n) is 8.27. The van der Waals surface area contributed by atoms with Crippen LogP contribution in [-0.2, 0) is 0 Å². The molecule has 0 aromatic heterocycles. The molecule has 0 atom stereocenters. The first kappa shape index (κ1) is 12.4. The van der Waals surface area contributed by atoms with Crippen molar-refractivity contribution in [3.05, 3.63) is 32.3 Å². The van der Waals surface area contributed by atoms with Crippen LogP contribution in [0.15, 0.2) is 16.6 Å². The van der Waals surface area contributed by atoms with Gasteiger partial charge in [0.15, 0.2) is 0 Å². The van der Waals surface area contributed by atoms with Crippen LogP contribution in [-0.4, -0.2) is 22.6 Å². The van der Waals surface area contributed by atoms with E-state index in [1.807, 2.05) is 0 Å². The third-order valence-corrected chi connectivity index (χ3v) is 2.41. The van der Waals surface area contributed by atoms with Crippen LogP contribution in [0.2, 0.25) is 0 Å². The number of nitrogens with zero attached hydrogens (tertiary/aromatic N) is 1. The van der Waals surface area contributed by atoms with Gasteiger partial charge >= 0.3 is 11.7 Å². The summed E-state index contributed by atoms with van der Waals surface area (Å²) in [6.07, 6.45) is 0. The maximum atomic E-state index is 10.8. The van der Waals surface area contributed by atoms with Crippen molar-refractivity contribution in [2.24, 2.45) is 0 Å². The predicted octanol–water partition coefficient (Wildman–Crippen LogP) is 2.45. The second-order valence-electron chi connectivity index (χ2n) is 2.77. The van der Waals surface area contributed by atoms with Gasteiger partial charge in [-0.2, -0.15) is 0 Å². The number of benzene rings is 1. The molecule has 0 bridgehead atoms. The number of carboxylic acid groups (broad SMARTS) is 1. The molecule has 1 aromatic carbocycles. The van der Waals surface area contributed by atoms with Crippen molar-refractivity contribution in [2.75, 3.05) is 6.61 Å². The number of nitro benzene ring substituents is 1. The number of hydrogen-bond acceptors (Lipinski definition) is 4. The standard InChI is InChI=1S/C9H8BrNO5/c1-2-16-8-6(10)4-3-5(9(12)13)7(8)11(14)15/h3-4H,2H2,1H3,(H,12,13). The third kappa shape index (κ3) is 2.30. The van der Waals surface area contributed by atoms with Gasteiger partial charge in [-0.25, -0.2) is 4.79 Å². The lowest BCUT2D eigenvalue weighted by atomic mass is 10.1. The van der Waals surface area contributed by atoms with E-state index in [2.05, 4.69) is 15.9 Å². The molecular weight excluding hydrogens is 282 g/mol. The molecule has 1 aromatic rings. The number of rotatable bonds is 4. The van der Waals surface area contributed by atoms with Gasteiger partial charge in [0, 0.05) is 0 Å². The Bertz CT molecular complexity index is 446. The van der Waals surface area contributed by atoms with Gasteiger partial charge in [0.1, 0.15) is 5.56 Å². The summed E-state index contributed by atoms with van der Waals surface area (Å²) in [6, 6.07) is 2.56. The van der Waals surface area contributed by atoms with E-state index in [9.17, 15) is 14.9 Å². The topological polar surface area (TPSA) is 89.7 Å². The molecule has 0 spiro atoms. The molecule has 1 rings (SSSR count). The van der Waals surface area contributed by atoms with Crippen LogP contribution >= 0.6 is 15.9 Å². The predicted molar refractivity (Wildman–Crippen MR) is 58.9 cm³/mol. The number of hydrogen-bond donors (Lipinski definition) is 1. The average molecular weight is 290 g/mol. The summed E-state index contributed by atoms with van der Waals surface area (Å²) in [5.74, 6) is -1.42. The summed E-state index contributed by atoms with van der Waals surface area (Å²) < 4.78 is 5.42. The quantitative estimate of drug-likeness (QED) is 0.679. The first-order valence-electron chi connectivity index (χ1n) is 4.32. The van der Waals surface area contributed by atoms with Gasteiger partial charge in [-0.05, 0) is 35.0 Å². The Morgan fingerprint density at radius 3 is 2.69 bits per heavy atom. The monoisotopic (exact) mass is 289 g/mol. The Morgan fingerprint density at radius 1 is 1.62 bits per heavy atom. The highest BCUT2D eigenvalue weighted by Crippen LogP contribution is 2.37. The zero-order chi connectivity index (χ0) is 12.3. The lowest BCUT2D eigenvalue weighted by Crippen LogP contribution is -2.06. The molecule has 0 heterocycles. The minimum absolute atomic E-state index is 0.0626. The van der Waals surface area contributed by atoms with Crippen molar-refractivity contribution in [2.45, 2.75) is 6.92 Å². The molecule has 0 aliphatic heterocycles. The lowest BCUT2D eigenvalue weighted by molar-refractivity contribution is -0.386. The van der Waals surface area contributed by atoms with Gasteiger partial charge in [-0.15, -0.1) is 0 Å². The SMILES string of the molecule is CCOc1c(Br)ccc(C(=O)O)c1[N+](=O)[O-]. The molecule has 0 fully saturated rings. The van der Waals surface area contributed by atoms with Gasteiger partial charge in [-0.1, -0.05) is 0 Å². The van der Waals surface area contributed by atoms with Crippen LogP contribution < -0.4 is 4.74 Å². The van der Waals surface area contributed by atoms with Crippen molar-refractivity contribution in [1.29, 1.82) is 0 Å². The van der Waals surface area contributed by atoms with Gasteiger partial charge in [0.2, 0.25) is 5.75 Å². The lowest BCUT2D eigenvalue weighted by Gasteiger charge is -2.07. The van der Waals surface area contributed by atoms with Crippen LogP contribution in [0, 0.1) is 10.1 Å². The first-order chi connectivity index (χ1) is 7.49. The van der Waals surface area contributed by atoms with Gasteiger partial charge in [0.25, 0.3) is 0 Å². The van der Waals surface area contributed by atoms with Crippen molar-refractivity contribution < 1.29 is 19.6 Å². The van der Waals surface area contributed by atoms with Gasteiger partial charge in [0.05, 0.1) is 16.0 Å². The van der Waals surface area contributed by atoms with E-state index in [0.717, 1.165) is 6.07 Å². The van der Waals surface area contributed by atoms with E-state index in [4.69, 9.17) is 9.84 Å². The van der Waals surface area contributed by atoms with E-state index < -0.39 is 22.1 Å². The number of carbonyl (C=O) groups is 1. The van der Waals surface area contributed by atoms with Crippen molar-refractivity contribution >= 4 is 27.6 Å². The van der Waals surface area contributed by atoms with Crippen molar-refractivity contribution in [3.63, 3.8) is 0 Å². The second-order valence-corrected chi connectivity index (χ2v) is 3.62. The fraction of sp³-hybridized carbons (Fsp3) is 0.222. The maximum Gasteiger partial charge on any atom is 0.342 e. The molecule has 0 saturated carbocycles. The number of carboxylic acids is 1. The normalized spacial score (nSPS) is 9.88.